The lowest BCUT2D eigenvalue weighted by molar-refractivity contribution is -0.142. The number of rotatable bonds is 4. The third kappa shape index (κ3) is 3.42. The number of allylic oxidation sites excluding steroid dienone is 1. The number of nitrogens with one attached hydrogen (secondary N) is 1. The van der Waals surface area contributed by atoms with Crippen LogP contribution in [0.3, 0.4) is 0 Å². The number of hydrogen-bond donors (Lipinski definition) is 1. The van der Waals surface area contributed by atoms with Crippen LogP contribution in [0.1, 0.15) is 31.4 Å². The number of hydrogen-bond acceptors (Lipinski definition) is 6. The first-order valence-electron chi connectivity index (χ1n) is 8.65. The van der Waals surface area contributed by atoms with Crippen LogP contribution in [0.4, 0.5) is 14.7 Å². The van der Waals surface area contributed by atoms with Crippen LogP contribution in [-0.4, -0.2) is 40.1 Å². The largest absolute Gasteiger partial charge is 0.459 e. The highest BCUT2D eigenvalue weighted by Crippen LogP contribution is 2.35. The Bertz CT molecular complexity index is 886. The van der Waals surface area contributed by atoms with Crippen molar-refractivity contribution in [3.8, 4) is 0 Å². The van der Waals surface area contributed by atoms with E-state index in [1.165, 1.54) is 23.1 Å². The second-order valence-electron chi connectivity index (χ2n) is 6.53. The van der Waals surface area contributed by atoms with Gasteiger partial charge in [-0.1, -0.05) is 0 Å². The Morgan fingerprint density at radius 3 is 2.85 bits per heavy atom. The number of ether oxygens (including phenoxy) is 2. The molecule has 9 heteroatoms. The number of carbonyl (C=O) groups excluding carboxylic acids is 1. The van der Waals surface area contributed by atoms with E-state index >= 15 is 0 Å². The van der Waals surface area contributed by atoms with Crippen LogP contribution < -0.4 is 5.32 Å². The van der Waals surface area contributed by atoms with Gasteiger partial charge in [0.15, 0.2) is 0 Å². The quantitative estimate of drug-likeness (QED) is 0.827. The maximum atomic E-state index is 13.8. The number of carbonyl (C=O) groups is 1. The fourth-order valence-corrected chi connectivity index (χ4v) is 3.42. The van der Waals surface area contributed by atoms with E-state index in [1.54, 1.807) is 6.92 Å². The van der Waals surface area contributed by atoms with Crippen LogP contribution in [0.5, 0.6) is 0 Å². The van der Waals surface area contributed by atoms with E-state index in [-0.39, 0.29) is 23.8 Å². The van der Waals surface area contributed by atoms with Gasteiger partial charge in [-0.3, -0.25) is 0 Å². The maximum Gasteiger partial charge on any atom is 0.338 e. The minimum Gasteiger partial charge on any atom is -0.459 e. The van der Waals surface area contributed by atoms with Crippen molar-refractivity contribution in [1.29, 1.82) is 0 Å². The molecule has 1 N–H and O–H groups in total. The highest BCUT2D eigenvalue weighted by atomic mass is 19.1. The summed E-state index contributed by atoms with van der Waals surface area (Å²) in [7, 11) is 0. The van der Waals surface area contributed by atoms with Gasteiger partial charge in [0.25, 0.3) is 0 Å². The number of aromatic nitrogens is 3. The van der Waals surface area contributed by atoms with Crippen molar-refractivity contribution in [2.45, 2.75) is 31.9 Å². The van der Waals surface area contributed by atoms with Crippen molar-refractivity contribution in [1.82, 2.24) is 14.8 Å². The standard InChI is InChI=1S/C18H18F2N4O3/c1-10-15(17(25)27-8-14-3-2-4-26-14)16(24-18(23-10)21-9-22-24)11-5-12(19)7-13(20)6-11/h5-7,9,14,16H,2-4,8H2,1H3,(H,21,22,23)/t14-,16-/m1/s1. The van der Waals surface area contributed by atoms with E-state index in [9.17, 15) is 13.6 Å². The molecule has 142 valence electrons. The summed E-state index contributed by atoms with van der Waals surface area (Å²) >= 11 is 0. The lowest BCUT2D eigenvalue weighted by Gasteiger charge is -2.28. The molecule has 1 aromatic heterocycles. The van der Waals surface area contributed by atoms with Gasteiger partial charge in [-0.15, -0.1) is 0 Å². The Kier molecular flexibility index (Phi) is 4.61. The van der Waals surface area contributed by atoms with E-state index in [4.69, 9.17) is 9.47 Å². The van der Waals surface area contributed by atoms with E-state index in [0.29, 0.717) is 18.3 Å². The topological polar surface area (TPSA) is 78.3 Å². The molecule has 1 fully saturated rings. The monoisotopic (exact) mass is 376 g/mol. The Balaban J connectivity index is 1.69. The van der Waals surface area contributed by atoms with Gasteiger partial charge >= 0.3 is 5.97 Å². The molecule has 2 aromatic rings. The first-order valence-corrected chi connectivity index (χ1v) is 8.65. The predicted octanol–water partition coefficient (Wildman–Crippen LogP) is 2.57. The third-order valence-corrected chi connectivity index (χ3v) is 4.64. The molecule has 0 unspecified atom stereocenters. The van der Waals surface area contributed by atoms with Crippen molar-refractivity contribution in [2.24, 2.45) is 0 Å². The molecule has 2 aliphatic rings. The highest BCUT2D eigenvalue weighted by Gasteiger charge is 2.35. The first kappa shape index (κ1) is 17.6. The summed E-state index contributed by atoms with van der Waals surface area (Å²) < 4.78 is 39.9. The molecule has 7 nitrogen and oxygen atoms in total. The SMILES string of the molecule is CC1=C(C(=O)OC[C@H]2CCCO2)[C@@H](c2cc(F)cc(F)c2)n2ncnc2N1. The molecular weight excluding hydrogens is 358 g/mol. The smallest absolute Gasteiger partial charge is 0.338 e. The molecule has 0 aliphatic carbocycles. The predicted molar refractivity (Wildman–Crippen MR) is 90.8 cm³/mol. The first-order chi connectivity index (χ1) is 13.0. The minimum absolute atomic E-state index is 0.126. The van der Waals surface area contributed by atoms with Gasteiger partial charge in [0.05, 0.1) is 11.7 Å². The number of esters is 1. The van der Waals surface area contributed by atoms with Crippen LogP contribution in [0.25, 0.3) is 0 Å². The number of benzene rings is 1. The third-order valence-electron chi connectivity index (χ3n) is 4.64. The number of anilines is 1. The van der Waals surface area contributed by atoms with Gasteiger partial charge in [0, 0.05) is 18.4 Å². The van der Waals surface area contributed by atoms with Crippen LogP contribution in [0.2, 0.25) is 0 Å². The van der Waals surface area contributed by atoms with Gasteiger partial charge in [-0.25, -0.2) is 18.3 Å². The number of halogens is 2. The van der Waals surface area contributed by atoms with E-state index in [0.717, 1.165) is 18.9 Å². The van der Waals surface area contributed by atoms with Crippen molar-refractivity contribution < 1.29 is 23.0 Å². The normalized spacial score (nSPS) is 21.7. The summed E-state index contributed by atoms with van der Waals surface area (Å²) in [5.41, 5.74) is 0.947. The summed E-state index contributed by atoms with van der Waals surface area (Å²) in [6, 6.07) is 2.26. The van der Waals surface area contributed by atoms with Crippen molar-refractivity contribution >= 4 is 11.9 Å². The molecule has 2 aliphatic heterocycles. The molecule has 27 heavy (non-hydrogen) atoms. The van der Waals surface area contributed by atoms with Crippen LogP contribution in [-0.2, 0) is 14.3 Å². The molecule has 1 saturated heterocycles. The van der Waals surface area contributed by atoms with Crippen LogP contribution in [0, 0.1) is 11.6 Å². The van der Waals surface area contributed by atoms with Crippen LogP contribution >= 0.6 is 0 Å². The second kappa shape index (κ2) is 7.07. The zero-order valence-electron chi connectivity index (χ0n) is 14.6. The molecule has 1 aromatic carbocycles. The molecule has 2 atom stereocenters. The highest BCUT2D eigenvalue weighted by molar-refractivity contribution is 5.92. The molecule has 0 saturated carbocycles. The Hall–Kier alpha value is -2.81. The summed E-state index contributed by atoms with van der Waals surface area (Å²) in [6.07, 6.45) is 2.94. The summed E-state index contributed by atoms with van der Waals surface area (Å²) in [4.78, 5) is 16.9. The zero-order chi connectivity index (χ0) is 19.0. The van der Waals surface area contributed by atoms with Gasteiger partial charge in [0.2, 0.25) is 5.95 Å². The minimum atomic E-state index is -0.856. The molecule has 0 spiro atoms. The van der Waals surface area contributed by atoms with E-state index in [1.807, 2.05) is 0 Å². The zero-order valence-corrected chi connectivity index (χ0v) is 14.6. The van der Waals surface area contributed by atoms with E-state index in [2.05, 4.69) is 15.4 Å². The Morgan fingerprint density at radius 1 is 1.37 bits per heavy atom. The van der Waals surface area contributed by atoms with Crippen molar-refractivity contribution in [3.63, 3.8) is 0 Å². The second-order valence-corrected chi connectivity index (χ2v) is 6.53. The molecule has 0 amide bonds. The van der Waals surface area contributed by atoms with Gasteiger partial charge in [0.1, 0.15) is 30.6 Å². The van der Waals surface area contributed by atoms with E-state index < -0.39 is 23.6 Å². The number of nitrogens with zero attached hydrogens (tertiary/aromatic N) is 3. The average molecular weight is 376 g/mol. The Labute approximate surface area is 154 Å². The fourth-order valence-electron chi connectivity index (χ4n) is 3.42. The average Bonchev–Trinajstić information content (AvgIpc) is 3.29. The molecule has 0 bridgehead atoms. The molecule has 0 radical (unpaired) electrons. The van der Waals surface area contributed by atoms with Crippen molar-refractivity contribution in [2.75, 3.05) is 18.5 Å². The fraction of sp³-hybridized carbons (Fsp3) is 0.389. The molecule has 4 rings (SSSR count). The summed E-state index contributed by atoms with van der Waals surface area (Å²) in [5.74, 6) is -1.70. The Morgan fingerprint density at radius 2 is 2.15 bits per heavy atom. The van der Waals surface area contributed by atoms with Gasteiger partial charge < -0.3 is 14.8 Å². The van der Waals surface area contributed by atoms with Gasteiger partial charge in [-0.05, 0) is 37.5 Å². The lowest BCUT2D eigenvalue weighted by Crippen LogP contribution is -2.31. The summed E-state index contributed by atoms with van der Waals surface area (Å²) in [6.45, 7) is 2.46. The molecular formula is C18H18F2N4O3. The summed E-state index contributed by atoms with van der Waals surface area (Å²) in [5, 5.41) is 7.09. The van der Waals surface area contributed by atoms with Crippen molar-refractivity contribution in [3.05, 3.63) is 53.0 Å². The lowest BCUT2D eigenvalue weighted by atomic mass is 9.95. The van der Waals surface area contributed by atoms with Gasteiger partial charge in [-0.2, -0.15) is 10.1 Å². The maximum absolute atomic E-state index is 13.8. The van der Waals surface area contributed by atoms with Crippen LogP contribution in [0.15, 0.2) is 35.8 Å². The number of fused-ring (bicyclic) bond motifs is 1. The molecule has 3 heterocycles.